The third-order valence-electron chi connectivity index (χ3n) is 2.75. The summed E-state index contributed by atoms with van der Waals surface area (Å²) >= 11 is 0. The molecule has 1 saturated heterocycles. The predicted octanol–water partition coefficient (Wildman–Crippen LogP) is 0.738. The number of nitriles is 1. The van der Waals surface area contributed by atoms with Crippen LogP contribution in [0.4, 0.5) is 5.69 Å². The Kier molecular flexibility index (Phi) is 3.47. The molecule has 0 amide bonds. The maximum absolute atomic E-state index is 9.67. The Morgan fingerprint density at radius 3 is 2.94 bits per heavy atom. The highest BCUT2D eigenvalue weighted by atomic mass is 16.5. The molecular weight excluding hydrogens is 220 g/mol. The minimum Gasteiger partial charge on any atom is -0.495 e. The molecule has 1 heterocycles. The van der Waals surface area contributed by atoms with E-state index in [0.29, 0.717) is 30.2 Å². The monoisotopic (exact) mass is 234 g/mol. The van der Waals surface area contributed by atoms with Gasteiger partial charge in [0.05, 0.1) is 43.7 Å². The number of ether oxygens (including phenoxy) is 2. The van der Waals surface area contributed by atoms with Gasteiger partial charge in [0, 0.05) is 0 Å². The quantitative estimate of drug-likeness (QED) is 0.806. The molecular formula is C12H14N2O3. The van der Waals surface area contributed by atoms with Gasteiger partial charge in [-0.1, -0.05) is 6.07 Å². The number of hydrogen-bond donors (Lipinski definition) is 2. The van der Waals surface area contributed by atoms with E-state index in [1.807, 2.05) is 0 Å². The molecule has 1 aliphatic rings. The van der Waals surface area contributed by atoms with Crippen LogP contribution >= 0.6 is 0 Å². The van der Waals surface area contributed by atoms with E-state index in [4.69, 9.17) is 14.7 Å². The molecule has 0 spiro atoms. The van der Waals surface area contributed by atoms with Crippen molar-refractivity contribution in [3.05, 3.63) is 23.8 Å². The summed E-state index contributed by atoms with van der Waals surface area (Å²) in [4.78, 5) is 0. The topological polar surface area (TPSA) is 74.5 Å². The fourth-order valence-electron chi connectivity index (χ4n) is 1.81. The molecule has 0 radical (unpaired) electrons. The van der Waals surface area contributed by atoms with Gasteiger partial charge in [-0.25, -0.2) is 0 Å². The van der Waals surface area contributed by atoms with E-state index in [2.05, 4.69) is 11.4 Å². The second-order valence-electron chi connectivity index (χ2n) is 3.85. The molecule has 0 bridgehead atoms. The molecule has 1 aromatic rings. The summed E-state index contributed by atoms with van der Waals surface area (Å²) in [5.74, 6) is 0.586. The van der Waals surface area contributed by atoms with Crippen molar-refractivity contribution in [2.24, 2.45) is 0 Å². The first-order valence-electron chi connectivity index (χ1n) is 5.35. The Morgan fingerprint density at radius 1 is 1.53 bits per heavy atom. The maximum atomic E-state index is 9.67. The Morgan fingerprint density at radius 2 is 2.35 bits per heavy atom. The molecule has 17 heavy (non-hydrogen) atoms. The molecule has 1 aliphatic heterocycles. The van der Waals surface area contributed by atoms with Gasteiger partial charge in [0.1, 0.15) is 11.8 Å². The predicted molar refractivity (Wildman–Crippen MR) is 61.9 cm³/mol. The average Bonchev–Trinajstić information content (AvgIpc) is 2.75. The van der Waals surface area contributed by atoms with Crippen molar-refractivity contribution in [3.8, 4) is 11.8 Å². The van der Waals surface area contributed by atoms with Crippen LogP contribution in [0.3, 0.4) is 0 Å². The van der Waals surface area contributed by atoms with Crippen molar-refractivity contribution < 1.29 is 14.6 Å². The van der Waals surface area contributed by atoms with Crippen molar-refractivity contribution in [1.29, 1.82) is 5.26 Å². The number of hydrogen-bond acceptors (Lipinski definition) is 5. The Hall–Kier alpha value is -1.77. The number of methoxy groups -OCH3 is 1. The van der Waals surface area contributed by atoms with Gasteiger partial charge >= 0.3 is 0 Å². The highest BCUT2D eigenvalue weighted by Gasteiger charge is 2.27. The summed E-state index contributed by atoms with van der Waals surface area (Å²) in [5, 5.41) is 21.8. The van der Waals surface area contributed by atoms with Crippen LogP contribution in [0.1, 0.15) is 5.56 Å². The highest BCUT2D eigenvalue weighted by molar-refractivity contribution is 5.66. The van der Waals surface area contributed by atoms with Crippen molar-refractivity contribution in [1.82, 2.24) is 0 Å². The standard InChI is InChI=1S/C12H14N2O3/c1-16-11-4-2-3-8(5-13)12(11)14-9-6-17-7-10(9)15/h2-4,9-10,14-15H,6-7H2,1H3. The van der Waals surface area contributed by atoms with Gasteiger partial charge in [-0.05, 0) is 12.1 Å². The number of aliphatic hydroxyl groups is 1. The van der Waals surface area contributed by atoms with E-state index in [1.165, 1.54) is 0 Å². The highest BCUT2D eigenvalue weighted by Crippen LogP contribution is 2.29. The smallest absolute Gasteiger partial charge is 0.143 e. The summed E-state index contributed by atoms with van der Waals surface area (Å²) in [6.45, 7) is 0.735. The summed E-state index contributed by atoms with van der Waals surface area (Å²) in [7, 11) is 1.54. The van der Waals surface area contributed by atoms with Crippen molar-refractivity contribution in [3.63, 3.8) is 0 Å². The van der Waals surface area contributed by atoms with E-state index in [9.17, 15) is 5.11 Å². The summed E-state index contributed by atoms with van der Waals surface area (Å²) in [6.07, 6.45) is -0.563. The van der Waals surface area contributed by atoms with Gasteiger partial charge in [-0.15, -0.1) is 0 Å². The largest absolute Gasteiger partial charge is 0.495 e. The lowest BCUT2D eigenvalue weighted by Crippen LogP contribution is -2.32. The van der Waals surface area contributed by atoms with Crippen LogP contribution in [0.15, 0.2) is 18.2 Å². The minimum atomic E-state index is -0.563. The van der Waals surface area contributed by atoms with E-state index >= 15 is 0 Å². The van der Waals surface area contributed by atoms with Gasteiger partial charge in [0.25, 0.3) is 0 Å². The second-order valence-corrected chi connectivity index (χ2v) is 3.85. The molecule has 2 atom stereocenters. The van der Waals surface area contributed by atoms with E-state index < -0.39 is 6.10 Å². The number of benzene rings is 1. The molecule has 2 rings (SSSR count). The normalized spacial score (nSPS) is 23.1. The molecule has 90 valence electrons. The fraction of sp³-hybridized carbons (Fsp3) is 0.417. The first-order valence-corrected chi connectivity index (χ1v) is 5.35. The first kappa shape index (κ1) is 11.7. The van der Waals surface area contributed by atoms with Gasteiger partial charge in [-0.2, -0.15) is 5.26 Å². The van der Waals surface area contributed by atoms with Crippen LogP contribution in [0.5, 0.6) is 5.75 Å². The molecule has 0 aromatic heterocycles. The van der Waals surface area contributed by atoms with Gasteiger partial charge in [0.15, 0.2) is 0 Å². The van der Waals surface area contributed by atoms with Crippen LogP contribution in [0, 0.1) is 11.3 Å². The van der Waals surface area contributed by atoms with Crippen LogP contribution in [-0.4, -0.2) is 37.6 Å². The number of rotatable bonds is 3. The number of anilines is 1. The molecule has 5 nitrogen and oxygen atoms in total. The SMILES string of the molecule is COc1cccc(C#N)c1NC1COCC1O. The summed E-state index contributed by atoms with van der Waals surface area (Å²) < 4.78 is 10.3. The average molecular weight is 234 g/mol. The van der Waals surface area contributed by atoms with Gasteiger partial charge < -0.3 is 19.9 Å². The molecule has 1 aromatic carbocycles. The zero-order valence-electron chi connectivity index (χ0n) is 9.51. The molecule has 0 aliphatic carbocycles. The fourth-order valence-corrected chi connectivity index (χ4v) is 1.81. The Labute approximate surface area is 99.6 Å². The molecule has 2 unspecified atom stereocenters. The maximum Gasteiger partial charge on any atom is 0.143 e. The van der Waals surface area contributed by atoms with E-state index in [1.54, 1.807) is 25.3 Å². The summed E-state index contributed by atoms with van der Waals surface area (Å²) in [5.41, 5.74) is 1.09. The van der Waals surface area contributed by atoms with Crippen molar-refractivity contribution in [2.45, 2.75) is 12.1 Å². The lowest BCUT2D eigenvalue weighted by atomic mass is 10.1. The number of nitrogens with one attached hydrogen (secondary N) is 1. The lowest BCUT2D eigenvalue weighted by Gasteiger charge is -2.19. The van der Waals surface area contributed by atoms with Crippen LogP contribution < -0.4 is 10.1 Å². The van der Waals surface area contributed by atoms with Crippen molar-refractivity contribution in [2.75, 3.05) is 25.6 Å². The zero-order chi connectivity index (χ0) is 12.3. The number of para-hydroxylation sites is 1. The van der Waals surface area contributed by atoms with E-state index in [0.717, 1.165) is 0 Å². The molecule has 1 fully saturated rings. The van der Waals surface area contributed by atoms with Crippen LogP contribution in [0.25, 0.3) is 0 Å². The Bertz CT molecular complexity index is 442. The molecule has 5 heteroatoms. The third-order valence-corrected chi connectivity index (χ3v) is 2.75. The summed E-state index contributed by atoms with van der Waals surface area (Å²) in [6, 6.07) is 7.11. The third kappa shape index (κ3) is 2.33. The van der Waals surface area contributed by atoms with Crippen LogP contribution in [-0.2, 0) is 4.74 Å². The van der Waals surface area contributed by atoms with Gasteiger partial charge in [-0.3, -0.25) is 0 Å². The lowest BCUT2D eigenvalue weighted by molar-refractivity contribution is 0.125. The Balaban J connectivity index is 2.27. The molecule has 2 N–H and O–H groups in total. The van der Waals surface area contributed by atoms with Crippen LogP contribution in [0.2, 0.25) is 0 Å². The zero-order valence-corrected chi connectivity index (χ0v) is 9.51. The second kappa shape index (κ2) is 5.04. The first-order chi connectivity index (χ1) is 8.26. The minimum absolute atomic E-state index is 0.210. The van der Waals surface area contributed by atoms with Crippen molar-refractivity contribution >= 4 is 5.69 Å². The molecule has 0 saturated carbocycles. The number of nitrogens with zero attached hydrogens (tertiary/aromatic N) is 1. The number of aliphatic hydroxyl groups excluding tert-OH is 1. The van der Waals surface area contributed by atoms with Gasteiger partial charge in [0.2, 0.25) is 0 Å². The van der Waals surface area contributed by atoms with E-state index in [-0.39, 0.29) is 6.04 Å².